The van der Waals surface area contributed by atoms with Crippen LogP contribution in [0.1, 0.15) is 81.8 Å². The molecule has 0 aliphatic heterocycles. The first-order valence-corrected chi connectivity index (χ1v) is 10.8. The molecule has 0 nitrogen and oxygen atoms in total. The van der Waals surface area contributed by atoms with Gasteiger partial charge in [-0.05, 0) is 85.8 Å². The highest BCUT2D eigenvalue weighted by molar-refractivity contribution is 5.85. The number of hydrogen-bond donors (Lipinski definition) is 0. The topological polar surface area (TPSA) is 0 Å². The second-order valence-corrected chi connectivity index (χ2v) is 8.27. The fourth-order valence-electron chi connectivity index (χ4n) is 4.62. The van der Waals surface area contributed by atoms with E-state index < -0.39 is 17.5 Å². The van der Waals surface area contributed by atoms with Crippen molar-refractivity contribution >= 4 is 10.8 Å². The highest BCUT2D eigenvalue weighted by Crippen LogP contribution is 2.40. The zero-order chi connectivity index (χ0) is 20.1. The third-order valence-electron chi connectivity index (χ3n) is 6.35. The molecule has 0 radical (unpaired) electrons. The molecule has 1 aliphatic rings. The molecule has 0 saturated heterocycles. The summed E-state index contributed by atoms with van der Waals surface area (Å²) in [6, 6.07) is 5.17. The van der Waals surface area contributed by atoms with E-state index in [0.29, 0.717) is 28.9 Å². The van der Waals surface area contributed by atoms with Crippen LogP contribution in [0.3, 0.4) is 0 Å². The van der Waals surface area contributed by atoms with Gasteiger partial charge in [0.2, 0.25) is 0 Å². The quantitative estimate of drug-likeness (QED) is 0.315. The maximum atomic E-state index is 14.9. The summed E-state index contributed by atoms with van der Waals surface area (Å²) in [6.45, 7) is 5.85. The lowest BCUT2D eigenvalue weighted by molar-refractivity contribution is 0.306. The molecule has 28 heavy (non-hydrogen) atoms. The number of unbranched alkanes of at least 4 members (excludes halogenated alkanes) is 2. The van der Waals surface area contributed by atoms with Gasteiger partial charge in [-0.3, -0.25) is 0 Å². The zero-order valence-electron chi connectivity index (χ0n) is 16.9. The normalized spacial score (nSPS) is 19.9. The van der Waals surface area contributed by atoms with E-state index in [1.165, 1.54) is 0 Å². The largest absolute Gasteiger partial charge is 0.206 e. The Hall–Kier alpha value is -1.77. The smallest absolute Gasteiger partial charge is 0.169 e. The van der Waals surface area contributed by atoms with Crippen LogP contribution in [0, 0.1) is 23.4 Å². The van der Waals surface area contributed by atoms with Crippen LogP contribution in [0.2, 0.25) is 0 Å². The Morgan fingerprint density at radius 2 is 1.75 bits per heavy atom. The van der Waals surface area contributed by atoms with Crippen molar-refractivity contribution in [2.75, 3.05) is 0 Å². The van der Waals surface area contributed by atoms with E-state index in [2.05, 4.69) is 13.5 Å². The first-order valence-electron chi connectivity index (χ1n) is 10.8. The van der Waals surface area contributed by atoms with Crippen molar-refractivity contribution in [3.8, 4) is 0 Å². The van der Waals surface area contributed by atoms with Crippen molar-refractivity contribution in [3.05, 3.63) is 59.4 Å². The van der Waals surface area contributed by atoms with Crippen molar-refractivity contribution in [1.82, 2.24) is 0 Å². The van der Waals surface area contributed by atoms with E-state index in [4.69, 9.17) is 0 Å². The monoisotopic (exact) mass is 388 g/mol. The van der Waals surface area contributed by atoms with Gasteiger partial charge in [0.15, 0.2) is 11.6 Å². The van der Waals surface area contributed by atoms with Crippen molar-refractivity contribution in [3.63, 3.8) is 0 Å². The van der Waals surface area contributed by atoms with Crippen molar-refractivity contribution in [2.45, 2.75) is 77.0 Å². The lowest BCUT2D eigenvalue weighted by atomic mass is 9.76. The van der Waals surface area contributed by atoms with E-state index in [0.717, 1.165) is 57.8 Å². The van der Waals surface area contributed by atoms with E-state index in [1.807, 2.05) is 6.08 Å². The molecule has 1 saturated carbocycles. The van der Waals surface area contributed by atoms with Gasteiger partial charge in [0.05, 0.1) is 5.39 Å². The van der Waals surface area contributed by atoms with Crippen LogP contribution < -0.4 is 0 Å². The van der Waals surface area contributed by atoms with Gasteiger partial charge in [0.25, 0.3) is 0 Å². The van der Waals surface area contributed by atoms with Crippen molar-refractivity contribution in [1.29, 1.82) is 0 Å². The van der Waals surface area contributed by atoms with Gasteiger partial charge in [0.1, 0.15) is 5.82 Å². The standard InChI is InChI=1S/C25H31F3/c1-3-5-7-9-19-14-15-20-16-21(24(27)25(28)22(20)23(19)26)18-12-10-17(11-13-18)8-6-4-2/h4,14-18H,2-3,5-13H2,1H3. The average Bonchev–Trinajstić information content (AvgIpc) is 2.71. The third kappa shape index (κ3) is 4.45. The number of aryl methyl sites for hydroxylation is 1. The molecule has 0 heterocycles. The number of rotatable bonds is 8. The number of halogens is 3. The average molecular weight is 389 g/mol. The molecular weight excluding hydrogens is 357 g/mol. The summed E-state index contributed by atoms with van der Waals surface area (Å²) < 4.78 is 44.6. The molecule has 0 bridgehead atoms. The molecular formula is C25H31F3. The van der Waals surface area contributed by atoms with Crippen molar-refractivity contribution in [2.24, 2.45) is 5.92 Å². The summed E-state index contributed by atoms with van der Waals surface area (Å²) in [7, 11) is 0. The number of fused-ring (bicyclic) bond motifs is 1. The fraction of sp³-hybridized carbons (Fsp3) is 0.520. The van der Waals surface area contributed by atoms with Gasteiger partial charge in [0, 0.05) is 0 Å². The summed E-state index contributed by atoms with van der Waals surface area (Å²) in [4.78, 5) is 0. The van der Waals surface area contributed by atoms with Crippen LogP contribution in [-0.4, -0.2) is 0 Å². The molecule has 2 aromatic carbocycles. The Bertz CT molecular complexity index is 816. The van der Waals surface area contributed by atoms with Crippen LogP contribution in [0.15, 0.2) is 30.9 Å². The minimum absolute atomic E-state index is 0.0196. The zero-order valence-corrected chi connectivity index (χ0v) is 16.9. The lowest BCUT2D eigenvalue weighted by Crippen LogP contribution is -2.15. The van der Waals surface area contributed by atoms with Gasteiger partial charge >= 0.3 is 0 Å². The van der Waals surface area contributed by atoms with Gasteiger partial charge in [-0.25, -0.2) is 13.2 Å². The molecule has 0 N–H and O–H groups in total. The van der Waals surface area contributed by atoms with E-state index >= 15 is 0 Å². The van der Waals surface area contributed by atoms with E-state index in [-0.39, 0.29) is 11.3 Å². The Morgan fingerprint density at radius 3 is 2.43 bits per heavy atom. The first kappa shape index (κ1) is 21.0. The molecule has 3 heteroatoms. The van der Waals surface area contributed by atoms with Crippen LogP contribution >= 0.6 is 0 Å². The van der Waals surface area contributed by atoms with E-state index in [9.17, 15) is 13.2 Å². The van der Waals surface area contributed by atoms with Crippen LogP contribution in [0.5, 0.6) is 0 Å². The Labute approximate surface area is 166 Å². The summed E-state index contributed by atoms with van der Waals surface area (Å²) >= 11 is 0. The minimum Gasteiger partial charge on any atom is -0.206 e. The molecule has 2 aromatic rings. The predicted octanol–water partition coefficient (Wildman–Crippen LogP) is 8.23. The maximum Gasteiger partial charge on any atom is 0.169 e. The Kier molecular flexibility index (Phi) is 7.20. The molecule has 152 valence electrons. The molecule has 3 rings (SSSR count). The SMILES string of the molecule is C=CCCC1CCC(c2cc3ccc(CCCCC)c(F)c3c(F)c2F)CC1. The van der Waals surface area contributed by atoms with Gasteiger partial charge in [-0.2, -0.15) is 0 Å². The second-order valence-electron chi connectivity index (χ2n) is 8.27. The molecule has 0 unspecified atom stereocenters. The second kappa shape index (κ2) is 9.62. The molecule has 0 atom stereocenters. The van der Waals surface area contributed by atoms with Crippen LogP contribution in [0.25, 0.3) is 10.8 Å². The lowest BCUT2D eigenvalue weighted by Gasteiger charge is -2.29. The summed E-state index contributed by atoms with van der Waals surface area (Å²) in [5, 5.41) is 0.286. The van der Waals surface area contributed by atoms with Crippen LogP contribution in [0.4, 0.5) is 13.2 Å². The van der Waals surface area contributed by atoms with Crippen molar-refractivity contribution < 1.29 is 13.2 Å². The highest BCUT2D eigenvalue weighted by atomic mass is 19.2. The fourth-order valence-corrected chi connectivity index (χ4v) is 4.62. The molecule has 1 aliphatic carbocycles. The molecule has 0 amide bonds. The summed E-state index contributed by atoms with van der Waals surface area (Å²) in [5.74, 6) is -1.80. The Balaban J connectivity index is 1.85. The number of hydrogen-bond acceptors (Lipinski definition) is 0. The number of allylic oxidation sites excluding steroid dienone is 1. The van der Waals surface area contributed by atoms with E-state index in [1.54, 1.807) is 18.2 Å². The Morgan fingerprint density at radius 1 is 1.00 bits per heavy atom. The highest BCUT2D eigenvalue weighted by Gasteiger charge is 2.27. The number of benzene rings is 2. The van der Waals surface area contributed by atoms with Gasteiger partial charge in [-0.1, -0.05) is 38.0 Å². The third-order valence-corrected chi connectivity index (χ3v) is 6.35. The first-order chi connectivity index (χ1) is 13.6. The van der Waals surface area contributed by atoms with Gasteiger partial charge < -0.3 is 0 Å². The predicted molar refractivity (Wildman–Crippen MR) is 111 cm³/mol. The van der Waals surface area contributed by atoms with Gasteiger partial charge in [-0.15, -0.1) is 6.58 Å². The molecule has 0 spiro atoms. The molecule has 1 fully saturated rings. The minimum atomic E-state index is -1.02. The maximum absolute atomic E-state index is 14.9. The molecule has 0 aromatic heterocycles. The summed E-state index contributed by atoms with van der Waals surface area (Å²) in [6.07, 6.45) is 11.3. The summed E-state index contributed by atoms with van der Waals surface area (Å²) in [5.41, 5.74) is 0.903. The van der Waals surface area contributed by atoms with Crippen LogP contribution in [-0.2, 0) is 6.42 Å².